The van der Waals surface area contributed by atoms with E-state index in [-0.39, 0.29) is 24.2 Å². The molecule has 0 saturated carbocycles. The second-order valence-corrected chi connectivity index (χ2v) is 10.7. The van der Waals surface area contributed by atoms with Crippen molar-refractivity contribution in [2.45, 2.75) is 71.3 Å². The first-order chi connectivity index (χ1) is 18.1. The standard InChI is InChI=1S/C30H40ClNO6/c1-22(17-23-9-11-26(33)12-10-23)24-18-25(20-32)29(27(31)19-24)37-16-7-5-6-13-35-14-8-15-36-21-28(34)38-30(2,3)4/h9-12,18-19,22,33H,5-8,13-17,21H2,1-4H3. The lowest BCUT2D eigenvalue weighted by Gasteiger charge is -2.19. The largest absolute Gasteiger partial charge is 0.508 e. The minimum Gasteiger partial charge on any atom is -0.508 e. The molecule has 0 radical (unpaired) electrons. The molecule has 2 rings (SSSR count). The molecule has 0 aliphatic carbocycles. The predicted molar refractivity (Wildman–Crippen MR) is 148 cm³/mol. The average Bonchev–Trinajstić information content (AvgIpc) is 2.85. The molecule has 1 unspecified atom stereocenters. The van der Waals surface area contributed by atoms with Gasteiger partial charge in [0.1, 0.15) is 24.0 Å². The van der Waals surface area contributed by atoms with Crippen LogP contribution in [-0.2, 0) is 25.4 Å². The van der Waals surface area contributed by atoms with E-state index in [1.54, 1.807) is 12.1 Å². The van der Waals surface area contributed by atoms with Crippen molar-refractivity contribution in [3.8, 4) is 17.6 Å². The Balaban J connectivity index is 1.62. The fourth-order valence-electron chi connectivity index (χ4n) is 3.78. The van der Waals surface area contributed by atoms with E-state index in [0.29, 0.717) is 49.2 Å². The normalized spacial score (nSPS) is 12.1. The van der Waals surface area contributed by atoms with Crippen LogP contribution in [0.4, 0.5) is 0 Å². The number of phenolic OH excluding ortho intramolecular Hbond substituents is 1. The summed E-state index contributed by atoms with van der Waals surface area (Å²) in [5.74, 6) is 0.455. The third kappa shape index (κ3) is 12.2. The smallest absolute Gasteiger partial charge is 0.332 e. The highest BCUT2D eigenvalue weighted by atomic mass is 35.5. The van der Waals surface area contributed by atoms with Crippen LogP contribution in [0.1, 0.15) is 76.0 Å². The fraction of sp³-hybridized carbons (Fsp3) is 0.533. The molecule has 7 nitrogen and oxygen atoms in total. The van der Waals surface area contributed by atoms with Crippen molar-refractivity contribution in [3.63, 3.8) is 0 Å². The molecule has 8 heteroatoms. The zero-order valence-corrected chi connectivity index (χ0v) is 23.7. The van der Waals surface area contributed by atoms with Crippen molar-refractivity contribution in [3.05, 3.63) is 58.1 Å². The van der Waals surface area contributed by atoms with E-state index in [1.807, 2.05) is 45.0 Å². The number of aromatic hydroxyl groups is 1. The van der Waals surface area contributed by atoms with Crippen LogP contribution in [0, 0.1) is 11.3 Å². The van der Waals surface area contributed by atoms with Gasteiger partial charge in [0.25, 0.3) is 0 Å². The highest BCUT2D eigenvalue weighted by molar-refractivity contribution is 6.32. The van der Waals surface area contributed by atoms with Gasteiger partial charge in [-0.05, 0) is 94.2 Å². The van der Waals surface area contributed by atoms with Crippen molar-refractivity contribution in [2.75, 3.05) is 33.0 Å². The summed E-state index contributed by atoms with van der Waals surface area (Å²) >= 11 is 6.50. The van der Waals surface area contributed by atoms with Crippen LogP contribution in [0.15, 0.2) is 36.4 Å². The summed E-state index contributed by atoms with van der Waals surface area (Å²) in [6.45, 7) is 9.64. The molecule has 0 aliphatic heterocycles. The number of phenols is 1. The summed E-state index contributed by atoms with van der Waals surface area (Å²) in [4.78, 5) is 11.6. The van der Waals surface area contributed by atoms with Crippen molar-refractivity contribution >= 4 is 17.6 Å². The topological polar surface area (TPSA) is 98.0 Å². The van der Waals surface area contributed by atoms with Gasteiger partial charge in [-0.3, -0.25) is 0 Å². The second kappa shape index (κ2) is 16.2. The van der Waals surface area contributed by atoms with Crippen LogP contribution < -0.4 is 4.74 Å². The maximum Gasteiger partial charge on any atom is 0.332 e. The molecule has 2 aromatic rings. The summed E-state index contributed by atoms with van der Waals surface area (Å²) in [6.07, 6.45) is 4.13. The minimum atomic E-state index is -0.502. The lowest BCUT2D eigenvalue weighted by Crippen LogP contribution is -2.26. The van der Waals surface area contributed by atoms with E-state index in [0.717, 1.165) is 36.8 Å². The molecule has 0 bridgehead atoms. The summed E-state index contributed by atoms with van der Waals surface area (Å²) in [5.41, 5.74) is 2.00. The van der Waals surface area contributed by atoms with Gasteiger partial charge >= 0.3 is 5.97 Å². The van der Waals surface area contributed by atoms with Gasteiger partial charge in [-0.25, -0.2) is 4.79 Å². The third-order valence-corrected chi connectivity index (χ3v) is 5.91. The Morgan fingerprint density at radius 1 is 1.00 bits per heavy atom. The number of rotatable bonds is 16. The Hall–Kier alpha value is -2.79. The number of nitrogens with zero attached hydrogens (tertiary/aromatic N) is 1. The highest BCUT2D eigenvalue weighted by Gasteiger charge is 2.16. The number of unbranched alkanes of at least 4 members (excludes halogenated alkanes) is 2. The molecular weight excluding hydrogens is 506 g/mol. The zero-order chi connectivity index (χ0) is 28.0. The fourth-order valence-corrected chi connectivity index (χ4v) is 4.06. The zero-order valence-electron chi connectivity index (χ0n) is 22.9. The molecule has 0 heterocycles. The van der Waals surface area contributed by atoms with Gasteiger partial charge in [0.05, 0.1) is 17.2 Å². The number of carbonyl (C=O) groups is 1. The van der Waals surface area contributed by atoms with E-state index in [9.17, 15) is 15.2 Å². The Kier molecular flexibility index (Phi) is 13.4. The van der Waals surface area contributed by atoms with Crippen molar-refractivity contribution < 1.29 is 28.8 Å². The molecule has 0 fully saturated rings. The van der Waals surface area contributed by atoms with Crippen LogP contribution in [-0.4, -0.2) is 49.7 Å². The predicted octanol–water partition coefficient (Wildman–Crippen LogP) is 6.58. The Morgan fingerprint density at radius 2 is 1.66 bits per heavy atom. The van der Waals surface area contributed by atoms with E-state index in [1.165, 1.54) is 0 Å². The van der Waals surface area contributed by atoms with Crippen LogP contribution in [0.2, 0.25) is 5.02 Å². The Labute approximate surface area is 231 Å². The molecule has 0 amide bonds. The average molecular weight is 546 g/mol. The number of ether oxygens (including phenoxy) is 4. The van der Waals surface area contributed by atoms with Crippen LogP contribution in [0.3, 0.4) is 0 Å². The van der Waals surface area contributed by atoms with Gasteiger partial charge in [0, 0.05) is 19.8 Å². The van der Waals surface area contributed by atoms with E-state index in [4.69, 9.17) is 30.5 Å². The molecule has 2 aromatic carbocycles. The lowest BCUT2D eigenvalue weighted by molar-refractivity contribution is -0.160. The lowest BCUT2D eigenvalue weighted by atomic mass is 9.92. The molecular formula is C30H40ClNO6. The van der Waals surface area contributed by atoms with Crippen LogP contribution >= 0.6 is 11.6 Å². The van der Waals surface area contributed by atoms with Gasteiger partial charge in [0.15, 0.2) is 5.75 Å². The summed E-state index contributed by atoms with van der Waals surface area (Å²) in [5, 5.41) is 19.6. The quantitative estimate of drug-likeness (QED) is 0.188. The minimum absolute atomic E-state index is 0.0453. The van der Waals surface area contributed by atoms with Gasteiger partial charge in [0.2, 0.25) is 0 Å². The van der Waals surface area contributed by atoms with Crippen molar-refractivity contribution in [2.24, 2.45) is 0 Å². The first kappa shape index (κ1) is 31.4. The second-order valence-electron chi connectivity index (χ2n) is 10.3. The van der Waals surface area contributed by atoms with Crippen molar-refractivity contribution in [1.29, 1.82) is 5.26 Å². The summed E-state index contributed by atoms with van der Waals surface area (Å²) in [6, 6.07) is 13.1. The number of carbonyl (C=O) groups excluding carboxylic acids is 1. The first-order valence-corrected chi connectivity index (χ1v) is 13.5. The molecule has 1 atom stereocenters. The maximum absolute atomic E-state index is 11.6. The number of esters is 1. The van der Waals surface area contributed by atoms with Gasteiger partial charge in [-0.2, -0.15) is 5.26 Å². The number of halogens is 1. The molecule has 38 heavy (non-hydrogen) atoms. The van der Waals surface area contributed by atoms with Crippen LogP contribution in [0.5, 0.6) is 11.5 Å². The van der Waals surface area contributed by atoms with Gasteiger partial charge in [-0.15, -0.1) is 0 Å². The Bertz CT molecular complexity index is 1040. The molecule has 1 N–H and O–H groups in total. The third-order valence-electron chi connectivity index (χ3n) is 5.63. The van der Waals surface area contributed by atoms with Crippen LogP contribution in [0.25, 0.3) is 0 Å². The van der Waals surface area contributed by atoms with Gasteiger partial charge < -0.3 is 24.1 Å². The molecule has 0 aliphatic rings. The highest BCUT2D eigenvalue weighted by Crippen LogP contribution is 2.34. The monoisotopic (exact) mass is 545 g/mol. The summed E-state index contributed by atoms with van der Waals surface area (Å²) < 4.78 is 22.0. The molecule has 0 aromatic heterocycles. The summed E-state index contributed by atoms with van der Waals surface area (Å²) in [7, 11) is 0. The first-order valence-electron chi connectivity index (χ1n) is 13.1. The molecule has 0 saturated heterocycles. The Morgan fingerprint density at radius 3 is 2.34 bits per heavy atom. The SMILES string of the molecule is CC(Cc1ccc(O)cc1)c1cc(Cl)c(OCCCCCOCCCOCC(=O)OC(C)(C)C)c(C#N)c1. The molecule has 0 spiro atoms. The molecule has 208 valence electrons. The number of hydrogen-bond donors (Lipinski definition) is 1. The van der Waals surface area contributed by atoms with Crippen molar-refractivity contribution in [1.82, 2.24) is 0 Å². The maximum atomic E-state index is 11.6. The number of benzene rings is 2. The van der Waals surface area contributed by atoms with Gasteiger partial charge in [-0.1, -0.05) is 30.7 Å². The number of nitriles is 1. The van der Waals surface area contributed by atoms with E-state index < -0.39 is 5.60 Å². The van der Waals surface area contributed by atoms with E-state index >= 15 is 0 Å². The van der Waals surface area contributed by atoms with E-state index in [2.05, 4.69) is 13.0 Å². The number of hydrogen-bond acceptors (Lipinski definition) is 7.